The number of fused-ring (bicyclic) bond motifs is 1. The van der Waals surface area contributed by atoms with Crippen LogP contribution in [0, 0.1) is 0 Å². The summed E-state index contributed by atoms with van der Waals surface area (Å²) >= 11 is 0. The standard InChI is InChI=1S/C11H16N2O2/c1-7-4-3-5-9-10(8(2)11(14)15)12-6-13(7)9/h6-8H,3-5H2,1-2H3,(H,14,15). The van der Waals surface area contributed by atoms with Crippen molar-refractivity contribution in [2.24, 2.45) is 0 Å². The Balaban J connectivity index is 2.38. The number of nitrogens with zero attached hydrogens (tertiary/aromatic N) is 2. The quantitative estimate of drug-likeness (QED) is 0.808. The normalized spacial score (nSPS) is 22.1. The first-order valence-electron chi connectivity index (χ1n) is 5.39. The minimum Gasteiger partial charge on any atom is -0.481 e. The van der Waals surface area contributed by atoms with Crippen molar-refractivity contribution in [2.75, 3.05) is 0 Å². The van der Waals surface area contributed by atoms with E-state index in [2.05, 4.69) is 16.5 Å². The van der Waals surface area contributed by atoms with Gasteiger partial charge in [-0.25, -0.2) is 4.98 Å². The maximum Gasteiger partial charge on any atom is 0.312 e. The second-order valence-electron chi connectivity index (χ2n) is 4.28. The molecule has 1 aliphatic heterocycles. The zero-order valence-electron chi connectivity index (χ0n) is 9.10. The fourth-order valence-corrected chi connectivity index (χ4v) is 2.22. The summed E-state index contributed by atoms with van der Waals surface area (Å²) in [6, 6.07) is 0.455. The van der Waals surface area contributed by atoms with Crippen LogP contribution in [0.1, 0.15) is 50.0 Å². The van der Waals surface area contributed by atoms with Gasteiger partial charge in [-0.15, -0.1) is 0 Å². The molecule has 1 aromatic rings. The van der Waals surface area contributed by atoms with Crippen LogP contribution in [-0.4, -0.2) is 20.6 Å². The van der Waals surface area contributed by atoms with Crippen LogP contribution in [0.5, 0.6) is 0 Å². The molecule has 0 saturated carbocycles. The van der Waals surface area contributed by atoms with E-state index in [4.69, 9.17) is 5.11 Å². The smallest absolute Gasteiger partial charge is 0.312 e. The van der Waals surface area contributed by atoms with Crippen LogP contribution >= 0.6 is 0 Å². The third-order valence-electron chi connectivity index (χ3n) is 3.22. The number of carboxylic acids is 1. The predicted octanol–water partition coefficient (Wildman–Crippen LogP) is 1.97. The third kappa shape index (κ3) is 1.64. The molecule has 0 amide bonds. The predicted molar refractivity (Wildman–Crippen MR) is 55.9 cm³/mol. The second kappa shape index (κ2) is 3.68. The summed E-state index contributed by atoms with van der Waals surface area (Å²) in [7, 11) is 0. The molecule has 1 aromatic heterocycles. The van der Waals surface area contributed by atoms with Crippen LogP contribution < -0.4 is 0 Å². The van der Waals surface area contributed by atoms with Crippen LogP contribution in [0.25, 0.3) is 0 Å². The maximum absolute atomic E-state index is 10.9. The topological polar surface area (TPSA) is 55.1 Å². The lowest BCUT2D eigenvalue weighted by molar-refractivity contribution is -0.138. The van der Waals surface area contributed by atoms with Crippen LogP contribution in [0.2, 0.25) is 0 Å². The molecular formula is C11H16N2O2. The third-order valence-corrected chi connectivity index (χ3v) is 3.22. The molecule has 0 fully saturated rings. The monoisotopic (exact) mass is 208 g/mol. The first-order chi connectivity index (χ1) is 7.11. The minimum atomic E-state index is -0.797. The molecule has 2 atom stereocenters. The number of carboxylic acid groups (broad SMARTS) is 1. The number of aliphatic carboxylic acids is 1. The molecule has 0 bridgehead atoms. The molecule has 15 heavy (non-hydrogen) atoms. The second-order valence-corrected chi connectivity index (χ2v) is 4.28. The number of rotatable bonds is 2. The molecule has 2 rings (SSSR count). The summed E-state index contributed by atoms with van der Waals surface area (Å²) in [5.74, 6) is -1.29. The Morgan fingerprint density at radius 3 is 3.13 bits per heavy atom. The van der Waals surface area contributed by atoms with E-state index >= 15 is 0 Å². The van der Waals surface area contributed by atoms with Crippen molar-refractivity contribution in [3.63, 3.8) is 0 Å². The van der Waals surface area contributed by atoms with Crippen LogP contribution in [0.3, 0.4) is 0 Å². The fourth-order valence-electron chi connectivity index (χ4n) is 2.22. The van der Waals surface area contributed by atoms with Gasteiger partial charge in [0.25, 0.3) is 0 Å². The van der Waals surface area contributed by atoms with Gasteiger partial charge >= 0.3 is 5.97 Å². The Morgan fingerprint density at radius 2 is 2.47 bits per heavy atom. The highest BCUT2D eigenvalue weighted by atomic mass is 16.4. The molecule has 1 aliphatic rings. The highest BCUT2D eigenvalue weighted by molar-refractivity contribution is 5.75. The van der Waals surface area contributed by atoms with Crippen molar-refractivity contribution in [3.05, 3.63) is 17.7 Å². The fraction of sp³-hybridized carbons (Fsp3) is 0.636. The van der Waals surface area contributed by atoms with E-state index in [1.165, 1.54) is 0 Å². The number of aromatic nitrogens is 2. The first-order valence-corrected chi connectivity index (χ1v) is 5.39. The highest BCUT2D eigenvalue weighted by Crippen LogP contribution is 2.29. The molecule has 1 N–H and O–H groups in total. The molecule has 0 aromatic carbocycles. The average Bonchev–Trinajstić information content (AvgIpc) is 2.61. The van der Waals surface area contributed by atoms with Crippen LogP contribution in [0.15, 0.2) is 6.33 Å². The Labute approximate surface area is 88.9 Å². The summed E-state index contributed by atoms with van der Waals surface area (Å²) in [6.45, 7) is 3.85. The number of hydrogen-bond acceptors (Lipinski definition) is 2. The number of hydrogen-bond donors (Lipinski definition) is 1. The molecule has 4 heteroatoms. The lowest BCUT2D eigenvalue weighted by Crippen LogP contribution is -2.17. The maximum atomic E-state index is 10.9. The van der Waals surface area contributed by atoms with Crippen molar-refractivity contribution in [1.29, 1.82) is 0 Å². The van der Waals surface area contributed by atoms with Gasteiger partial charge in [-0.1, -0.05) is 0 Å². The van der Waals surface area contributed by atoms with E-state index < -0.39 is 11.9 Å². The van der Waals surface area contributed by atoms with E-state index in [0.29, 0.717) is 6.04 Å². The lowest BCUT2D eigenvalue weighted by Gasteiger charge is -2.23. The summed E-state index contributed by atoms with van der Waals surface area (Å²) < 4.78 is 2.12. The molecule has 0 spiro atoms. The van der Waals surface area contributed by atoms with Gasteiger partial charge in [0, 0.05) is 11.7 Å². The highest BCUT2D eigenvalue weighted by Gasteiger charge is 2.25. The number of imidazole rings is 1. The van der Waals surface area contributed by atoms with Gasteiger partial charge in [0.2, 0.25) is 0 Å². The Bertz CT molecular complexity index is 384. The van der Waals surface area contributed by atoms with Crippen molar-refractivity contribution < 1.29 is 9.90 Å². The molecule has 82 valence electrons. The van der Waals surface area contributed by atoms with Gasteiger partial charge in [0.1, 0.15) is 0 Å². The summed E-state index contributed by atoms with van der Waals surface area (Å²) in [5.41, 5.74) is 1.86. The van der Waals surface area contributed by atoms with Crippen molar-refractivity contribution in [3.8, 4) is 0 Å². The van der Waals surface area contributed by atoms with Crippen molar-refractivity contribution in [2.45, 2.75) is 45.1 Å². The molecule has 2 unspecified atom stereocenters. The van der Waals surface area contributed by atoms with Gasteiger partial charge in [0.05, 0.1) is 17.9 Å². The molecule has 4 nitrogen and oxygen atoms in total. The van der Waals surface area contributed by atoms with Gasteiger partial charge in [-0.2, -0.15) is 0 Å². The van der Waals surface area contributed by atoms with Crippen molar-refractivity contribution in [1.82, 2.24) is 9.55 Å². The van der Waals surface area contributed by atoms with Crippen LogP contribution in [-0.2, 0) is 11.2 Å². The summed E-state index contributed by atoms with van der Waals surface area (Å²) in [4.78, 5) is 15.2. The van der Waals surface area contributed by atoms with Crippen molar-refractivity contribution >= 4 is 5.97 Å². The molecular weight excluding hydrogens is 192 g/mol. The van der Waals surface area contributed by atoms with Gasteiger partial charge < -0.3 is 9.67 Å². The molecule has 0 radical (unpaired) electrons. The zero-order valence-corrected chi connectivity index (χ0v) is 9.10. The molecule has 0 saturated heterocycles. The Morgan fingerprint density at radius 1 is 1.73 bits per heavy atom. The lowest BCUT2D eigenvalue weighted by atomic mass is 9.98. The van der Waals surface area contributed by atoms with E-state index in [1.807, 2.05) is 0 Å². The van der Waals surface area contributed by atoms with E-state index in [0.717, 1.165) is 30.7 Å². The number of carbonyl (C=O) groups is 1. The first kappa shape index (κ1) is 10.2. The van der Waals surface area contributed by atoms with Crippen LogP contribution in [0.4, 0.5) is 0 Å². The molecule has 0 aliphatic carbocycles. The largest absolute Gasteiger partial charge is 0.481 e. The minimum absolute atomic E-state index is 0.455. The van der Waals surface area contributed by atoms with E-state index in [9.17, 15) is 4.79 Å². The Hall–Kier alpha value is -1.32. The van der Waals surface area contributed by atoms with E-state index in [-0.39, 0.29) is 0 Å². The molecule has 2 heterocycles. The van der Waals surface area contributed by atoms with Gasteiger partial charge in [0.15, 0.2) is 0 Å². The van der Waals surface area contributed by atoms with Gasteiger partial charge in [-0.05, 0) is 33.1 Å². The Kier molecular flexibility index (Phi) is 2.50. The summed E-state index contributed by atoms with van der Waals surface area (Å²) in [6.07, 6.45) is 5.03. The van der Waals surface area contributed by atoms with Gasteiger partial charge in [-0.3, -0.25) is 4.79 Å². The SMILES string of the molecule is CC(C(=O)O)c1ncn2c1CCCC2C. The zero-order chi connectivity index (χ0) is 11.0. The average molecular weight is 208 g/mol. The summed E-state index contributed by atoms with van der Waals surface area (Å²) in [5, 5.41) is 8.97. The van der Waals surface area contributed by atoms with E-state index in [1.54, 1.807) is 13.3 Å².